The number of rotatable bonds is 4. The van der Waals surface area contributed by atoms with E-state index in [1.165, 1.54) is 0 Å². The summed E-state index contributed by atoms with van der Waals surface area (Å²) in [6.45, 7) is 6.97. The molecule has 0 saturated carbocycles. The minimum absolute atomic E-state index is 0.343. The van der Waals surface area contributed by atoms with Crippen LogP contribution in [0.3, 0.4) is 0 Å². The van der Waals surface area contributed by atoms with Gasteiger partial charge in [0.15, 0.2) is 0 Å². The first-order valence-corrected chi connectivity index (χ1v) is 5.01. The van der Waals surface area contributed by atoms with Crippen LogP contribution >= 0.6 is 0 Å². The number of hydrogen-bond acceptors (Lipinski definition) is 3. The van der Waals surface area contributed by atoms with Crippen LogP contribution in [0.1, 0.15) is 13.8 Å². The molecule has 1 aliphatic heterocycles. The molecule has 13 heavy (non-hydrogen) atoms. The van der Waals surface area contributed by atoms with Crippen LogP contribution in [0.15, 0.2) is 0 Å². The van der Waals surface area contributed by atoms with Crippen LogP contribution in [0, 0.1) is 5.92 Å². The molecule has 0 aromatic carbocycles. The van der Waals surface area contributed by atoms with Crippen molar-refractivity contribution in [1.82, 2.24) is 4.90 Å². The molecule has 0 aliphatic carbocycles. The van der Waals surface area contributed by atoms with Crippen LogP contribution in [0.2, 0.25) is 0 Å². The molecule has 3 heteroatoms. The third kappa shape index (κ3) is 2.42. The van der Waals surface area contributed by atoms with E-state index in [0.717, 1.165) is 19.8 Å². The lowest BCUT2D eigenvalue weighted by molar-refractivity contribution is -0.00454. The molecule has 0 bridgehead atoms. The SMILES string of the molecule is CCO[C@H]1[C@H](C)CN(C)[C@@H]1COC. The minimum atomic E-state index is 0.343. The van der Waals surface area contributed by atoms with E-state index in [-0.39, 0.29) is 0 Å². The molecule has 1 rings (SSSR count). The molecule has 3 atom stereocenters. The molecule has 0 N–H and O–H groups in total. The van der Waals surface area contributed by atoms with Crippen LogP contribution in [0.4, 0.5) is 0 Å². The molecule has 1 fully saturated rings. The Kier molecular flexibility index (Phi) is 4.16. The highest BCUT2D eigenvalue weighted by Gasteiger charge is 2.37. The van der Waals surface area contributed by atoms with Gasteiger partial charge in [-0.05, 0) is 19.9 Å². The first-order valence-electron chi connectivity index (χ1n) is 5.01. The average molecular weight is 187 g/mol. The van der Waals surface area contributed by atoms with Gasteiger partial charge in [0.05, 0.1) is 18.8 Å². The lowest BCUT2D eigenvalue weighted by Crippen LogP contribution is -2.38. The molecule has 78 valence electrons. The van der Waals surface area contributed by atoms with Gasteiger partial charge in [0.1, 0.15) is 0 Å². The summed E-state index contributed by atoms with van der Waals surface area (Å²) in [4.78, 5) is 2.33. The summed E-state index contributed by atoms with van der Waals surface area (Å²) < 4.78 is 10.9. The van der Waals surface area contributed by atoms with Gasteiger partial charge in [0.25, 0.3) is 0 Å². The van der Waals surface area contributed by atoms with Crippen molar-refractivity contribution < 1.29 is 9.47 Å². The van der Waals surface area contributed by atoms with E-state index in [0.29, 0.717) is 18.1 Å². The van der Waals surface area contributed by atoms with E-state index in [9.17, 15) is 0 Å². The topological polar surface area (TPSA) is 21.7 Å². The van der Waals surface area contributed by atoms with Crippen molar-refractivity contribution in [3.05, 3.63) is 0 Å². The summed E-state index contributed by atoms with van der Waals surface area (Å²) in [6, 6.07) is 0.431. The molecule has 0 aromatic rings. The third-order valence-electron chi connectivity index (χ3n) is 2.78. The highest BCUT2D eigenvalue weighted by molar-refractivity contribution is 4.90. The second-order valence-electron chi connectivity index (χ2n) is 3.86. The van der Waals surface area contributed by atoms with Crippen LogP contribution in [-0.2, 0) is 9.47 Å². The van der Waals surface area contributed by atoms with Crippen LogP contribution in [-0.4, -0.2) is 51.0 Å². The molecule has 1 heterocycles. The smallest absolute Gasteiger partial charge is 0.0790 e. The maximum Gasteiger partial charge on any atom is 0.0790 e. The fraction of sp³-hybridized carbons (Fsp3) is 1.00. The Hall–Kier alpha value is -0.120. The van der Waals surface area contributed by atoms with Crippen molar-refractivity contribution in [3.63, 3.8) is 0 Å². The molecule has 0 amide bonds. The summed E-state index contributed by atoms with van der Waals surface area (Å²) in [6.07, 6.45) is 0.343. The summed E-state index contributed by atoms with van der Waals surface area (Å²) in [5.41, 5.74) is 0. The van der Waals surface area contributed by atoms with E-state index in [1.54, 1.807) is 7.11 Å². The maximum atomic E-state index is 5.73. The fourth-order valence-corrected chi connectivity index (χ4v) is 2.18. The Labute approximate surface area is 81.0 Å². The van der Waals surface area contributed by atoms with Crippen LogP contribution in [0.5, 0.6) is 0 Å². The second-order valence-corrected chi connectivity index (χ2v) is 3.86. The number of likely N-dealkylation sites (N-methyl/N-ethyl adjacent to an activating group) is 1. The molecular formula is C10H21NO2. The van der Waals surface area contributed by atoms with Gasteiger partial charge in [-0.2, -0.15) is 0 Å². The van der Waals surface area contributed by atoms with Gasteiger partial charge in [-0.25, -0.2) is 0 Å². The normalized spacial score (nSPS) is 35.5. The first kappa shape index (κ1) is 11.0. The summed E-state index contributed by atoms with van der Waals surface area (Å²) in [5, 5.41) is 0. The maximum absolute atomic E-state index is 5.73. The van der Waals surface area contributed by atoms with Gasteiger partial charge in [0.2, 0.25) is 0 Å². The first-order chi connectivity index (χ1) is 6.20. The van der Waals surface area contributed by atoms with Crippen molar-refractivity contribution in [3.8, 4) is 0 Å². The number of methoxy groups -OCH3 is 1. The van der Waals surface area contributed by atoms with Crippen molar-refractivity contribution >= 4 is 0 Å². The lowest BCUT2D eigenvalue weighted by atomic mass is 10.0. The Balaban J connectivity index is 2.54. The van der Waals surface area contributed by atoms with Gasteiger partial charge >= 0.3 is 0 Å². The number of likely N-dealkylation sites (tertiary alicyclic amines) is 1. The predicted octanol–water partition coefficient (Wildman–Crippen LogP) is 0.988. The van der Waals surface area contributed by atoms with Gasteiger partial charge in [-0.15, -0.1) is 0 Å². The Morgan fingerprint density at radius 1 is 1.46 bits per heavy atom. The minimum Gasteiger partial charge on any atom is -0.383 e. The molecule has 1 aliphatic rings. The van der Waals surface area contributed by atoms with E-state index in [1.807, 2.05) is 0 Å². The molecule has 3 nitrogen and oxygen atoms in total. The quantitative estimate of drug-likeness (QED) is 0.655. The Morgan fingerprint density at radius 3 is 2.69 bits per heavy atom. The Morgan fingerprint density at radius 2 is 2.15 bits per heavy atom. The summed E-state index contributed by atoms with van der Waals surface area (Å²) in [5.74, 6) is 0.616. The van der Waals surface area contributed by atoms with Crippen molar-refractivity contribution in [2.45, 2.75) is 26.0 Å². The average Bonchev–Trinajstić information content (AvgIpc) is 2.33. The largest absolute Gasteiger partial charge is 0.383 e. The lowest BCUT2D eigenvalue weighted by Gasteiger charge is -2.24. The summed E-state index contributed by atoms with van der Waals surface area (Å²) in [7, 11) is 3.89. The molecule has 1 saturated heterocycles. The fourth-order valence-electron chi connectivity index (χ4n) is 2.18. The van der Waals surface area contributed by atoms with Gasteiger partial charge in [0, 0.05) is 20.3 Å². The van der Waals surface area contributed by atoms with Crippen molar-refractivity contribution in [2.75, 3.05) is 33.9 Å². The van der Waals surface area contributed by atoms with Crippen LogP contribution < -0.4 is 0 Å². The monoisotopic (exact) mass is 187 g/mol. The molecule has 0 radical (unpaired) electrons. The summed E-state index contributed by atoms with van der Waals surface area (Å²) >= 11 is 0. The second kappa shape index (κ2) is 4.94. The zero-order valence-corrected chi connectivity index (χ0v) is 9.12. The van der Waals surface area contributed by atoms with Crippen molar-refractivity contribution in [2.24, 2.45) is 5.92 Å². The van der Waals surface area contributed by atoms with Gasteiger partial charge in [-0.1, -0.05) is 6.92 Å². The highest BCUT2D eigenvalue weighted by atomic mass is 16.5. The molecule has 0 spiro atoms. The zero-order chi connectivity index (χ0) is 9.84. The van der Waals surface area contributed by atoms with Gasteiger partial charge < -0.3 is 9.47 Å². The molecular weight excluding hydrogens is 166 g/mol. The Bertz CT molecular complexity index is 136. The number of nitrogens with zero attached hydrogens (tertiary/aromatic N) is 1. The number of hydrogen-bond donors (Lipinski definition) is 0. The van der Waals surface area contributed by atoms with E-state index >= 15 is 0 Å². The standard InChI is InChI=1S/C10H21NO2/c1-5-13-10-8(2)6-11(3)9(10)7-12-4/h8-10H,5-7H2,1-4H3/t8-,9-,10+/m1/s1. The van der Waals surface area contributed by atoms with E-state index in [4.69, 9.17) is 9.47 Å². The molecule has 0 unspecified atom stereocenters. The highest BCUT2D eigenvalue weighted by Crippen LogP contribution is 2.24. The van der Waals surface area contributed by atoms with Crippen molar-refractivity contribution in [1.29, 1.82) is 0 Å². The van der Waals surface area contributed by atoms with E-state index in [2.05, 4.69) is 25.8 Å². The molecule has 0 aromatic heterocycles. The predicted molar refractivity (Wildman–Crippen MR) is 52.9 cm³/mol. The number of ether oxygens (including phenoxy) is 2. The third-order valence-corrected chi connectivity index (χ3v) is 2.78. The van der Waals surface area contributed by atoms with Crippen LogP contribution in [0.25, 0.3) is 0 Å². The van der Waals surface area contributed by atoms with Gasteiger partial charge in [-0.3, -0.25) is 4.90 Å². The van der Waals surface area contributed by atoms with E-state index < -0.39 is 0 Å². The zero-order valence-electron chi connectivity index (χ0n) is 9.12.